The van der Waals surface area contributed by atoms with E-state index in [4.69, 9.17) is 6.42 Å². The van der Waals surface area contributed by atoms with Gasteiger partial charge in [0.1, 0.15) is 0 Å². The van der Waals surface area contributed by atoms with E-state index in [2.05, 4.69) is 25.0 Å². The van der Waals surface area contributed by atoms with Crippen LogP contribution >= 0.6 is 0 Å². The molecule has 0 aromatic heterocycles. The molecule has 0 heterocycles. The van der Waals surface area contributed by atoms with Crippen molar-refractivity contribution in [2.75, 3.05) is 0 Å². The Bertz CT molecular complexity index is 236. The lowest BCUT2D eigenvalue weighted by Gasteiger charge is -1.94. The first kappa shape index (κ1) is 6.89. The lowest BCUT2D eigenvalue weighted by molar-refractivity contribution is 1.14. The standard InChI is InChI=1S/C10H10/c1-3-9-5-7-10(4-2)8-6-9/h1,5-8H,4H2,2H3. The average Bonchev–Trinajstić information content (AvgIpc) is 2.05. The second-order valence-corrected chi connectivity index (χ2v) is 2.19. The summed E-state index contributed by atoms with van der Waals surface area (Å²) in [5.41, 5.74) is 2.29. The predicted octanol–water partition coefficient (Wildman–Crippen LogP) is 2.23. The second-order valence-electron chi connectivity index (χ2n) is 2.19. The first-order valence-corrected chi connectivity index (χ1v) is 3.42. The zero-order valence-corrected chi connectivity index (χ0v) is 6.09. The summed E-state index contributed by atoms with van der Waals surface area (Å²) in [4.78, 5) is 0. The molecule has 0 heteroatoms. The fourth-order valence-corrected chi connectivity index (χ4v) is 0.837. The van der Waals surface area contributed by atoms with Crippen LogP contribution in [0.3, 0.4) is 0 Å². The van der Waals surface area contributed by atoms with Crippen LogP contribution < -0.4 is 0 Å². The highest BCUT2D eigenvalue weighted by Crippen LogP contribution is 2.02. The zero-order chi connectivity index (χ0) is 7.40. The molecule has 1 aromatic rings. The number of aryl methyl sites for hydroxylation is 1. The molecule has 0 radical (unpaired) electrons. The van der Waals surface area contributed by atoms with Gasteiger partial charge >= 0.3 is 0 Å². The van der Waals surface area contributed by atoms with Gasteiger partial charge in [0.2, 0.25) is 0 Å². The number of hydrogen-bond donors (Lipinski definition) is 0. The van der Waals surface area contributed by atoms with E-state index < -0.39 is 0 Å². The minimum atomic E-state index is 0.956. The van der Waals surface area contributed by atoms with Crippen molar-refractivity contribution in [3.05, 3.63) is 35.4 Å². The Morgan fingerprint density at radius 2 is 1.90 bits per heavy atom. The third-order valence-corrected chi connectivity index (χ3v) is 1.53. The van der Waals surface area contributed by atoms with Gasteiger partial charge in [0, 0.05) is 5.56 Å². The number of rotatable bonds is 1. The summed E-state index contributed by atoms with van der Waals surface area (Å²) in [6.07, 6.45) is 6.27. The molecule has 0 N–H and O–H groups in total. The van der Waals surface area contributed by atoms with Crippen molar-refractivity contribution in [3.63, 3.8) is 0 Å². The van der Waals surface area contributed by atoms with Gasteiger partial charge in [-0.25, -0.2) is 0 Å². The largest absolute Gasteiger partial charge is 0.115 e. The van der Waals surface area contributed by atoms with Crippen molar-refractivity contribution in [2.45, 2.75) is 13.3 Å². The van der Waals surface area contributed by atoms with Gasteiger partial charge in [-0.15, -0.1) is 6.42 Å². The molecule has 0 aliphatic heterocycles. The molecule has 0 unspecified atom stereocenters. The lowest BCUT2D eigenvalue weighted by Crippen LogP contribution is -1.78. The molecule has 0 spiro atoms. The van der Waals surface area contributed by atoms with Crippen LogP contribution in [0.25, 0.3) is 0 Å². The van der Waals surface area contributed by atoms with E-state index in [0.29, 0.717) is 0 Å². The van der Waals surface area contributed by atoms with Crippen LogP contribution in [0, 0.1) is 12.3 Å². The summed E-state index contributed by atoms with van der Waals surface area (Å²) in [5, 5.41) is 0. The van der Waals surface area contributed by atoms with Crippen LogP contribution in [0.1, 0.15) is 18.1 Å². The van der Waals surface area contributed by atoms with Crippen molar-refractivity contribution in [3.8, 4) is 12.3 Å². The third-order valence-electron chi connectivity index (χ3n) is 1.53. The molecule has 0 nitrogen and oxygen atoms in total. The first-order valence-electron chi connectivity index (χ1n) is 3.42. The van der Waals surface area contributed by atoms with Crippen molar-refractivity contribution >= 4 is 0 Å². The maximum absolute atomic E-state index is 5.19. The van der Waals surface area contributed by atoms with Gasteiger partial charge in [-0.05, 0) is 24.1 Å². The Balaban J connectivity index is 2.93. The Morgan fingerprint density at radius 1 is 1.30 bits per heavy atom. The minimum Gasteiger partial charge on any atom is -0.115 e. The zero-order valence-electron chi connectivity index (χ0n) is 6.09. The van der Waals surface area contributed by atoms with Gasteiger partial charge in [0.15, 0.2) is 0 Å². The SMILES string of the molecule is C#Cc1ccc(CC)cc1. The molecule has 1 rings (SSSR count). The summed E-state index contributed by atoms with van der Waals surface area (Å²) in [7, 11) is 0. The Morgan fingerprint density at radius 3 is 2.30 bits per heavy atom. The van der Waals surface area contributed by atoms with Crippen LogP contribution in [0.5, 0.6) is 0 Å². The summed E-state index contributed by atoms with van der Waals surface area (Å²) >= 11 is 0. The Hall–Kier alpha value is -1.22. The van der Waals surface area contributed by atoms with Gasteiger partial charge in [-0.2, -0.15) is 0 Å². The quantitative estimate of drug-likeness (QED) is 0.511. The summed E-state index contributed by atoms with van der Waals surface area (Å²) in [6, 6.07) is 8.07. The molecule has 0 saturated carbocycles. The molecular formula is C10H10. The maximum Gasteiger partial charge on any atom is 0.0242 e. The van der Waals surface area contributed by atoms with E-state index in [1.54, 1.807) is 0 Å². The summed E-state index contributed by atoms with van der Waals surface area (Å²) < 4.78 is 0. The van der Waals surface area contributed by atoms with E-state index in [0.717, 1.165) is 12.0 Å². The molecule has 1 aromatic carbocycles. The number of terminal acetylenes is 1. The van der Waals surface area contributed by atoms with E-state index in [1.807, 2.05) is 12.1 Å². The van der Waals surface area contributed by atoms with Crippen LogP contribution in [-0.4, -0.2) is 0 Å². The summed E-state index contributed by atoms with van der Waals surface area (Å²) in [6.45, 7) is 2.13. The molecular weight excluding hydrogens is 120 g/mol. The van der Waals surface area contributed by atoms with E-state index >= 15 is 0 Å². The monoisotopic (exact) mass is 130 g/mol. The summed E-state index contributed by atoms with van der Waals surface area (Å²) in [5.74, 6) is 2.58. The fourth-order valence-electron chi connectivity index (χ4n) is 0.837. The molecule has 0 fully saturated rings. The topological polar surface area (TPSA) is 0 Å². The van der Waals surface area contributed by atoms with E-state index in [-0.39, 0.29) is 0 Å². The van der Waals surface area contributed by atoms with Gasteiger partial charge in [0.05, 0.1) is 0 Å². The van der Waals surface area contributed by atoms with Crippen molar-refractivity contribution in [2.24, 2.45) is 0 Å². The van der Waals surface area contributed by atoms with Crippen molar-refractivity contribution < 1.29 is 0 Å². The van der Waals surface area contributed by atoms with E-state index in [1.165, 1.54) is 5.56 Å². The minimum absolute atomic E-state index is 0.956. The van der Waals surface area contributed by atoms with Gasteiger partial charge in [-0.1, -0.05) is 25.0 Å². The van der Waals surface area contributed by atoms with Crippen LogP contribution in [0.15, 0.2) is 24.3 Å². The average molecular weight is 130 g/mol. The van der Waals surface area contributed by atoms with Crippen LogP contribution in [0.4, 0.5) is 0 Å². The Kier molecular flexibility index (Phi) is 2.12. The predicted molar refractivity (Wildman–Crippen MR) is 43.8 cm³/mol. The Labute approximate surface area is 61.9 Å². The molecule has 0 bridgehead atoms. The van der Waals surface area contributed by atoms with Gasteiger partial charge < -0.3 is 0 Å². The van der Waals surface area contributed by atoms with Crippen LogP contribution in [-0.2, 0) is 6.42 Å². The molecule has 0 amide bonds. The maximum atomic E-state index is 5.19. The second kappa shape index (κ2) is 3.08. The van der Waals surface area contributed by atoms with Gasteiger partial charge in [-0.3, -0.25) is 0 Å². The highest BCUT2D eigenvalue weighted by atomic mass is 13.9. The first-order chi connectivity index (χ1) is 4.86. The highest BCUT2D eigenvalue weighted by Gasteiger charge is 1.86. The highest BCUT2D eigenvalue weighted by molar-refractivity contribution is 5.34. The molecule has 50 valence electrons. The lowest BCUT2D eigenvalue weighted by atomic mass is 10.1. The van der Waals surface area contributed by atoms with Crippen molar-refractivity contribution in [1.82, 2.24) is 0 Å². The number of benzene rings is 1. The fraction of sp³-hybridized carbons (Fsp3) is 0.200. The number of hydrogen-bond acceptors (Lipinski definition) is 0. The molecule has 0 atom stereocenters. The molecule has 0 saturated heterocycles. The molecule has 10 heavy (non-hydrogen) atoms. The third kappa shape index (κ3) is 1.39. The van der Waals surface area contributed by atoms with Gasteiger partial charge in [0.25, 0.3) is 0 Å². The van der Waals surface area contributed by atoms with E-state index in [9.17, 15) is 0 Å². The normalized spacial score (nSPS) is 8.80. The molecule has 0 aliphatic carbocycles. The van der Waals surface area contributed by atoms with Crippen LogP contribution in [0.2, 0.25) is 0 Å². The molecule has 0 aliphatic rings. The van der Waals surface area contributed by atoms with Crippen molar-refractivity contribution in [1.29, 1.82) is 0 Å². The smallest absolute Gasteiger partial charge is 0.0242 e.